The number of likely N-dealkylation sites (N-methyl/N-ethyl adjacent to an activating group) is 1. The molecule has 5 heteroatoms. The highest BCUT2D eigenvalue weighted by Gasteiger charge is 2.25. The normalized spacial score (nSPS) is 15.4. The predicted octanol–water partition coefficient (Wildman–Crippen LogP) is 1.94. The lowest BCUT2D eigenvalue weighted by atomic mass is 10.0. The lowest BCUT2D eigenvalue weighted by molar-refractivity contribution is -0.132. The van der Waals surface area contributed by atoms with Gasteiger partial charge in [-0.25, -0.2) is 0 Å². The SMILES string of the molecule is CCc1cccc(CC)c1N(CC(=O)N1CCN(C)CC1)C(C)=O. The van der Waals surface area contributed by atoms with Crippen LogP contribution in [0.3, 0.4) is 0 Å². The Kier molecular flexibility index (Phi) is 6.37. The number of hydrogen-bond donors (Lipinski definition) is 0. The van der Waals surface area contributed by atoms with E-state index in [1.54, 1.807) is 11.8 Å². The molecule has 0 aliphatic carbocycles. The Bertz CT molecular complexity index is 570. The van der Waals surface area contributed by atoms with Gasteiger partial charge < -0.3 is 14.7 Å². The first-order valence-corrected chi connectivity index (χ1v) is 8.83. The van der Waals surface area contributed by atoms with Crippen LogP contribution in [0.15, 0.2) is 18.2 Å². The Morgan fingerprint density at radius 2 is 1.58 bits per heavy atom. The van der Waals surface area contributed by atoms with Crippen LogP contribution in [0.5, 0.6) is 0 Å². The molecule has 132 valence electrons. The number of hydrogen-bond acceptors (Lipinski definition) is 3. The molecule has 1 aromatic rings. The van der Waals surface area contributed by atoms with Crippen molar-refractivity contribution in [3.63, 3.8) is 0 Å². The van der Waals surface area contributed by atoms with Crippen LogP contribution in [-0.2, 0) is 22.4 Å². The van der Waals surface area contributed by atoms with Gasteiger partial charge >= 0.3 is 0 Å². The standard InChI is InChI=1S/C19H29N3O2/c1-5-16-8-7-9-17(6-2)19(16)22(15(3)23)14-18(24)21-12-10-20(4)11-13-21/h7-9H,5-6,10-14H2,1-4H3. The number of amides is 2. The van der Waals surface area contributed by atoms with E-state index in [9.17, 15) is 9.59 Å². The maximum atomic E-state index is 12.7. The van der Waals surface area contributed by atoms with Gasteiger partial charge in [0, 0.05) is 33.1 Å². The van der Waals surface area contributed by atoms with Crippen LogP contribution < -0.4 is 4.90 Å². The lowest BCUT2D eigenvalue weighted by Gasteiger charge is -2.34. The average Bonchev–Trinajstić information content (AvgIpc) is 2.59. The van der Waals surface area contributed by atoms with Gasteiger partial charge in [-0.05, 0) is 31.0 Å². The molecule has 0 bridgehead atoms. The molecular formula is C19H29N3O2. The summed E-state index contributed by atoms with van der Waals surface area (Å²) in [5.74, 6) is -0.0423. The molecule has 2 rings (SSSR count). The number of benzene rings is 1. The molecule has 0 aromatic heterocycles. The van der Waals surface area contributed by atoms with E-state index in [-0.39, 0.29) is 18.4 Å². The zero-order valence-corrected chi connectivity index (χ0v) is 15.3. The molecule has 24 heavy (non-hydrogen) atoms. The molecule has 0 N–H and O–H groups in total. The second-order valence-corrected chi connectivity index (χ2v) is 6.42. The molecule has 1 heterocycles. The fourth-order valence-electron chi connectivity index (χ4n) is 3.20. The van der Waals surface area contributed by atoms with Crippen molar-refractivity contribution < 1.29 is 9.59 Å². The lowest BCUT2D eigenvalue weighted by Crippen LogP contribution is -2.50. The zero-order chi connectivity index (χ0) is 17.7. The number of rotatable bonds is 5. The van der Waals surface area contributed by atoms with Gasteiger partial charge in [0.25, 0.3) is 0 Å². The van der Waals surface area contributed by atoms with Gasteiger partial charge in [-0.15, -0.1) is 0 Å². The van der Waals surface area contributed by atoms with Crippen LogP contribution in [0.2, 0.25) is 0 Å². The summed E-state index contributed by atoms with van der Waals surface area (Å²) in [6.45, 7) is 9.08. The largest absolute Gasteiger partial charge is 0.339 e. The summed E-state index contributed by atoms with van der Waals surface area (Å²) >= 11 is 0. The molecule has 1 fully saturated rings. The number of anilines is 1. The molecular weight excluding hydrogens is 302 g/mol. The van der Waals surface area contributed by atoms with Crippen molar-refractivity contribution in [1.82, 2.24) is 9.80 Å². The fourth-order valence-corrected chi connectivity index (χ4v) is 3.20. The molecule has 0 spiro atoms. The predicted molar refractivity (Wildman–Crippen MR) is 97.3 cm³/mol. The van der Waals surface area contributed by atoms with Gasteiger partial charge in [-0.2, -0.15) is 0 Å². The highest BCUT2D eigenvalue weighted by molar-refractivity contribution is 5.98. The van der Waals surface area contributed by atoms with Gasteiger partial charge in [-0.1, -0.05) is 32.0 Å². The first-order valence-electron chi connectivity index (χ1n) is 8.83. The van der Waals surface area contributed by atoms with E-state index in [0.717, 1.165) is 55.8 Å². The van der Waals surface area contributed by atoms with Gasteiger partial charge in [0.1, 0.15) is 6.54 Å². The summed E-state index contributed by atoms with van der Waals surface area (Å²) in [5.41, 5.74) is 3.17. The summed E-state index contributed by atoms with van der Waals surface area (Å²) in [6, 6.07) is 6.12. The molecule has 2 amide bonds. The van der Waals surface area contributed by atoms with Crippen LogP contribution in [0, 0.1) is 0 Å². The second-order valence-electron chi connectivity index (χ2n) is 6.42. The van der Waals surface area contributed by atoms with Gasteiger partial charge in [0.2, 0.25) is 11.8 Å². The molecule has 0 saturated carbocycles. The third kappa shape index (κ3) is 4.15. The van der Waals surface area contributed by atoms with Crippen LogP contribution in [0.1, 0.15) is 31.9 Å². The molecule has 1 aliphatic rings. The number of aryl methyl sites for hydroxylation is 2. The molecule has 0 radical (unpaired) electrons. The molecule has 1 aromatic carbocycles. The highest BCUT2D eigenvalue weighted by atomic mass is 16.2. The van der Waals surface area contributed by atoms with Crippen molar-refractivity contribution in [2.75, 3.05) is 44.7 Å². The topological polar surface area (TPSA) is 43.9 Å². The van der Waals surface area contributed by atoms with E-state index in [0.29, 0.717) is 0 Å². The van der Waals surface area contributed by atoms with E-state index in [2.05, 4.69) is 25.8 Å². The smallest absolute Gasteiger partial charge is 0.242 e. The summed E-state index contributed by atoms with van der Waals surface area (Å²) in [7, 11) is 2.06. The van der Waals surface area contributed by atoms with Gasteiger partial charge in [-0.3, -0.25) is 9.59 Å². The number of nitrogens with zero attached hydrogens (tertiary/aromatic N) is 3. The van der Waals surface area contributed by atoms with Crippen LogP contribution in [-0.4, -0.2) is 61.4 Å². The summed E-state index contributed by atoms with van der Waals surface area (Å²) in [5, 5.41) is 0. The Balaban J connectivity index is 2.24. The minimum absolute atomic E-state index is 0.0336. The Morgan fingerprint density at radius 3 is 2.04 bits per heavy atom. The number of carbonyl (C=O) groups is 2. The first kappa shape index (κ1) is 18.5. The van der Waals surface area contributed by atoms with Crippen molar-refractivity contribution >= 4 is 17.5 Å². The number of carbonyl (C=O) groups excluding carboxylic acids is 2. The fraction of sp³-hybridized carbons (Fsp3) is 0.579. The molecule has 5 nitrogen and oxygen atoms in total. The number of piperazine rings is 1. The van der Waals surface area contributed by atoms with Gasteiger partial charge in [0.15, 0.2) is 0 Å². The minimum Gasteiger partial charge on any atom is -0.339 e. The third-order valence-corrected chi connectivity index (χ3v) is 4.76. The van der Waals surface area contributed by atoms with Crippen molar-refractivity contribution in [3.05, 3.63) is 29.3 Å². The summed E-state index contributed by atoms with van der Waals surface area (Å²) < 4.78 is 0. The van der Waals surface area contributed by atoms with E-state index < -0.39 is 0 Å². The van der Waals surface area contributed by atoms with E-state index >= 15 is 0 Å². The van der Waals surface area contributed by atoms with Crippen LogP contribution in [0.25, 0.3) is 0 Å². The van der Waals surface area contributed by atoms with Crippen molar-refractivity contribution in [2.24, 2.45) is 0 Å². The van der Waals surface area contributed by atoms with Crippen molar-refractivity contribution in [2.45, 2.75) is 33.6 Å². The summed E-state index contributed by atoms with van der Waals surface area (Å²) in [4.78, 5) is 30.8. The van der Waals surface area contributed by atoms with E-state index in [1.165, 1.54) is 0 Å². The van der Waals surface area contributed by atoms with Gasteiger partial charge in [0.05, 0.1) is 5.69 Å². The number of para-hydroxylation sites is 1. The average molecular weight is 331 g/mol. The van der Waals surface area contributed by atoms with Crippen LogP contribution in [0.4, 0.5) is 5.69 Å². The zero-order valence-electron chi connectivity index (χ0n) is 15.3. The van der Waals surface area contributed by atoms with Crippen LogP contribution >= 0.6 is 0 Å². The second kappa shape index (κ2) is 8.29. The molecule has 0 unspecified atom stereocenters. The quantitative estimate of drug-likeness (QED) is 0.828. The molecule has 1 aliphatic heterocycles. The maximum Gasteiger partial charge on any atom is 0.242 e. The highest BCUT2D eigenvalue weighted by Crippen LogP contribution is 2.27. The third-order valence-electron chi connectivity index (χ3n) is 4.76. The minimum atomic E-state index is -0.0759. The Labute approximate surface area is 145 Å². The van der Waals surface area contributed by atoms with E-state index in [1.807, 2.05) is 23.1 Å². The van der Waals surface area contributed by atoms with Crippen molar-refractivity contribution in [1.29, 1.82) is 0 Å². The Morgan fingerprint density at radius 1 is 1.04 bits per heavy atom. The Hall–Kier alpha value is -1.88. The van der Waals surface area contributed by atoms with E-state index in [4.69, 9.17) is 0 Å². The molecule has 0 atom stereocenters. The summed E-state index contributed by atoms with van der Waals surface area (Å²) in [6.07, 6.45) is 1.69. The van der Waals surface area contributed by atoms with Crippen molar-refractivity contribution in [3.8, 4) is 0 Å². The maximum absolute atomic E-state index is 12.7. The first-order chi connectivity index (χ1) is 11.5. The monoisotopic (exact) mass is 331 g/mol. The molecule has 1 saturated heterocycles.